The summed E-state index contributed by atoms with van der Waals surface area (Å²) in [5, 5.41) is 0. The van der Waals surface area contributed by atoms with Gasteiger partial charge in [-0.1, -0.05) is 24.3 Å². The Morgan fingerprint density at radius 2 is 1.86 bits per heavy atom. The summed E-state index contributed by atoms with van der Waals surface area (Å²) in [5.41, 5.74) is 2.07. The molecule has 2 heteroatoms. The lowest BCUT2D eigenvalue weighted by Crippen LogP contribution is -2.30. The monoisotopic (exact) mass is 194 g/mol. The van der Waals surface area contributed by atoms with Crippen LogP contribution in [0.15, 0.2) is 24.3 Å². The largest absolute Gasteiger partial charge is 0.381 e. The Kier molecular flexibility index (Phi) is 3.67. The zero-order valence-electron chi connectivity index (χ0n) is 9.33. The highest BCUT2D eigenvalue weighted by atomic mass is 16.5. The van der Waals surface area contributed by atoms with E-state index in [1.54, 1.807) is 14.2 Å². The molecule has 78 valence electrons. The number of methoxy groups -OCH3 is 2. The maximum atomic E-state index is 5.52. The third kappa shape index (κ3) is 2.14. The third-order valence-electron chi connectivity index (χ3n) is 2.59. The van der Waals surface area contributed by atoms with E-state index in [9.17, 15) is 0 Å². The summed E-state index contributed by atoms with van der Waals surface area (Å²) in [5.74, 6) is 0. The second-order valence-electron chi connectivity index (χ2n) is 3.68. The van der Waals surface area contributed by atoms with Gasteiger partial charge in [-0.3, -0.25) is 0 Å². The van der Waals surface area contributed by atoms with Crippen molar-refractivity contribution in [3.63, 3.8) is 0 Å². The van der Waals surface area contributed by atoms with Crippen LogP contribution in [-0.2, 0) is 15.1 Å². The summed E-state index contributed by atoms with van der Waals surface area (Å²) in [6.07, 6.45) is 0. The van der Waals surface area contributed by atoms with Gasteiger partial charge in [0.1, 0.15) is 5.60 Å². The van der Waals surface area contributed by atoms with Crippen LogP contribution in [0.25, 0.3) is 0 Å². The van der Waals surface area contributed by atoms with E-state index in [1.165, 1.54) is 11.1 Å². The van der Waals surface area contributed by atoms with Gasteiger partial charge in [0, 0.05) is 14.2 Å². The lowest BCUT2D eigenvalue weighted by atomic mass is 9.92. The average Bonchev–Trinajstić information content (AvgIpc) is 2.18. The summed E-state index contributed by atoms with van der Waals surface area (Å²) in [4.78, 5) is 0. The molecule has 0 aliphatic rings. The molecule has 0 aromatic heterocycles. The molecule has 0 N–H and O–H groups in total. The molecule has 0 saturated heterocycles. The van der Waals surface area contributed by atoms with Crippen molar-refractivity contribution in [1.82, 2.24) is 0 Å². The highest BCUT2D eigenvalue weighted by molar-refractivity contribution is 5.31. The summed E-state index contributed by atoms with van der Waals surface area (Å²) >= 11 is 0. The lowest BCUT2D eigenvalue weighted by molar-refractivity contribution is -0.0559. The Morgan fingerprint density at radius 1 is 1.21 bits per heavy atom. The fourth-order valence-corrected chi connectivity index (χ4v) is 1.69. The van der Waals surface area contributed by atoms with Crippen LogP contribution in [0.3, 0.4) is 0 Å². The van der Waals surface area contributed by atoms with Crippen molar-refractivity contribution >= 4 is 0 Å². The number of rotatable bonds is 4. The van der Waals surface area contributed by atoms with Crippen molar-refractivity contribution in [3.8, 4) is 0 Å². The molecule has 0 aliphatic carbocycles. The van der Waals surface area contributed by atoms with Gasteiger partial charge in [-0.15, -0.1) is 0 Å². The second-order valence-corrected chi connectivity index (χ2v) is 3.68. The number of ether oxygens (including phenoxy) is 2. The smallest absolute Gasteiger partial charge is 0.113 e. The van der Waals surface area contributed by atoms with Gasteiger partial charge >= 0.3 is 0 Å². The number of hydrogen-bond acceptors (Lipinski definition) is 2. The van der Waals surface area contributed by atoms with Gasteiger partial charge < -0.3 is 9.47 Å². The Hall–Kier alpha value is -0.860. The average molecular weight is 194 g/mol. The number of aryl methyl sites for hydroxylation is 1. The lowest BCUT2D eigenvalue weighted by Gasteiger charge is -2.29. The van der Waals surface area contributed by atoms with E-state index in [-0.39, 0.29) is 5.60 Å². The molecule has 1 atom stereocenters. The Labute approximate surface area is 85.8 Å². The van der Waals surface area contributed by atoms with Crippen molar-refractivity contribution in [2.75, 3.05) is 20.8 Å². The first-order chi connectivity index (χ1) is 6.64. The first-order valence-electron chi connectivity index (χ1n) is 4.74. The van der Waals surface area contributed by atoms with Crippen molar-refractivity contribution in [1.29, 1.82) is 0 Å². The normalized spacial score (nSPS) is 15.1. The molecule has 0 amide bonds. The standard InChI is InChI=1S/C12H18O2/c1-10-7-5-6-8-11(10)12(2,14-4)9-13-3/h5-8H,9H2,1-4H3. The molecule has 0 heterocycles. The zero-order chi connectivity index (χ0) is 10.6. The van der Waals surface area contributed by atoms with Gasteiger partial charge in [-0.2, -0.15) is 0 Å². The predicted molar refractivity (Wildman–Crippen MR) is 57.4 cm³/mol. The Bertz CT molecular complexity index is 296. The summed E-state index contributed by atoms with van der Waals surface area (Å²) < 4.78 is 10.7. The maximum Gasteiger partial charge on any atom is 0.113 e. The minimum atomic E-state index is -0.347. The molecule has 1 rings (SSSR count). The molecule has 1 aromatic carbocycles. The van der Waals surface area contributed by atoms with Crippen LogP contribution in [0.2, 0.25) is 0 Å². The zero-order valence-corrected chi connectivity index (χ0v) is 9.33. The first kappa shape index (κ1) is 11.2. The SMILES string of the molecule is COCC(C)(OC)c1ccccc1C. The molecule has 0 fully saturated rings. The van der Waals surface area contributed by atoms with Crippen LogP contribution in [-0.4, -0.2) is 20.8 Å². The Morgan fingerprint density at radius 3 is 2.36 bits per heavy atom. The van der Waals surface area contributed by atoms with E-state index in [2.05, 4.69) is 19.1 Å². The fourth-order valence-electron chi connectivity index (χ4n) is 1.69. The molecule has 0 spiro atoms. The first-order valence-corrected chi connectivity index (χ1v) is 4.74. The van der Waals surface area contributed by atoms with E-state index in [0.29, 0.717) is 6.61 Å². The van der Waals surface area contributed by atoms with Gasteiger partial charge in [-0.05, 0) is 25.0 Å². The molecule has 1 aromatic rings. The summed E-state index contributed by atoms with van der Waals surface area (Å²) in [7, 11) is 3.40. The summed E-state index contributed by atoms with van der Waals surface area (Å²) in [6, 6.07) is 8.22. The molecule has 0 saturated carbocycles. The summed E-state index contributed by atoms with van der Waals surface area (Å²) in [6.45, 7) is 4.69. The molecule has 0 radical (unpaired) electrons. The number of hydrogen-bond donors (Lipinski definition) is 0. The van der Waals surface area contributed by atoms with Crippen molar-refractivity contribution < 1.29 is 9.47 Å². The maximum absolute atomic E-state index is 5.52. The van der Waals surface area contributed by atoms with Gasteiger partial charge in [-0.25, -0.2) is 0 Å². The minimum Gasteiger partial charge on any atom is -0.381 e. The van der Waals surface area contributed by atoms with E-state index >= 15 is 0 Å². The van der Waals surface area contributed by atoms with E-state index in [1.807, 2.05) is 19.1 Å². The topological polar surface area (TPSA) is 18.5 Å². The van der Waals surface area contributed by atoms with E-state index in [0.717, 1.165) is 0 Å². The molecule has 1 unspecified atom stereocenters. The third-order valence-corrected chi connectivity index (χ3v) is 2.59. The van der Waals surface area contributed by atoms with Gasteiger partial charge in [0.2, 0.25) is 0 Å². The highest BCUT2D eigenvalue weighted by Crippen LogP contribution is 2.27. The molecule has 14 heavy (non-hydrogen) atoms. The fraction of sp³-hybridized carbons (Fsp3) is 0.500. The van der Waals surface area contributed by atoms with Crippen LogP contribution in [0, 0.1) is 6.92 Å². The van der Waals surface area contributed by atoms with Crippen molar-refractivity contribution in [3.05, 3.63) is 35.4 Å². The van der Waals surface area contributed by atoms with E-state index < -0.39 is 0 Å². The molecular formula is C12H18O2. The minimum absolute atomic E-state index is 0.347. The molecule has 0 aliphatic heterocycles. The van der Waals surface area contributed by atoms with Crippen LogP contribution in [0.4, 0.5) is 0 Å². The molecular weight excluding hydrogens is 176 g/mol. The van der Waals surface area contributed by atoms with Gasteiger partial charge in [0.15, 0.2) is 0 Å². The highest BCUT2D eigenvalue weighted by Gasteiger charge is 2.27. The van der Waals surface area contributed by atoms with Crippen LogP contribution < -0.4 is 0 Å². The van der Waals surface area contributed by atoms with Crippen molar-refractivity contribution in [2.45, 2.75) is 19.4 Å². The Balaban J connectivity index is 3.05. The van der Waals surface area contributed by atoms with Crippen LogP contribution in [0.5, 0.6) is 0 Å². The second kappa shape index (κ2) is 4.58. The molecule has 2 nitrogen and oxygen atoms in total. The van der Waals surface area contributed by atoms with Crippen LogP contribution >= 0.6 is 0 Å². The predicted octanol–water partition coefficient (Wildman–Crippen LogP) is 2.50. The van der Waals surface area contributed by atoms with E-state index in [4.69, 9.17) is 9.47 Å². The number of benzene rings is 1. The van der Waals surface area contributed by atoms with Gasteiger partial charge in [0.25, 0.3) is 0 Å². The molecule has 0 bridgehead atoms. The quantitative estimate of drug-likeness (QED) is 0.733. The van der Waals surface area contributed by atoms with Crippen LogP contribution in [0.1, 0.15) is 18.1 Å². The van der Waals surface area contributed by atoms with Crippen molar-refractivity contribution in [2.24, 2.45) is 0 Å². The van der Waals surface area contributed by atoms with Gasteiger partial charge in [0.05, 0.1) is 6.61 Å².